The van der Waals surface area contributed by atoms with Crippen molar-refractivity contribution in [1.82, 2.24) is 9.97 Å². The van der Waals surface area contributed by atoms with Gasteiger partial charge in [0.2, 0.25) is 0 Å². The van der Waals surface area contributed by atoms with Gasteiger partial charge in [-0.1, -0.05) is 0 Å². The predicted octanol–water partition coefficient (Wildman–Crippen LogP) is 3.43. The van der Waals surface area contributed by atoms with Gasteiger partial charge in [-0.2, -0.15) is 0 Å². The van der Waals surface area contributed by atoms with Crippen molar-refractivity contribution in [2.75, 3.05) is 11.9 Å². The fourth-order valence-electron chi connectivity index (χ4n) is 1.51. The third-order valence-corrected chi connectivity index (χ3v) is 3.46. The minimum absolute atomic E-state index is 0.189. The molecule has 0 amide bonds. The maximum Gasteiger partial charge on any atom is 0.138 e. The Balaban J connectivity index is 2.17. The summed E-state index contributed by atoms with van der Waals surface area (Å²) in [5.74, 6) is 0.909. The number of alkyl halides is 1. The second kappa shape index (κ2) is 4.97. The molecular weight excluding hydrogens is 242 g/mol. The Labute approximate surface area is 104 Å². The van der Waals surface area contributed by atoms with Crippen LogP contribution in [0, 0.1) is 6.92 Å². The first-order chi connectivity index (χ1) is 7.66. The summed E-state index contributed by atoms with van der Waals surface area (Å²) in [4.78, 5) is 10.8. The van der Waals surface area contributed by atoms with Gasteiger partial charge in [0, 0.05) is 16.8 Å². The minimum Gasteiger partial charge on any atom is -0.369 e. The Hall–Kier alpha value is -0.870. The van der Waals surface area contributed by atoms with Gasteiger partial charge in [-0.15, -0.1) is 22.9 Å². The van der Waals surface area contributed by atoms with Gasteiger partial charge in [-0.25, -0.2) is 9.97 Å². The zero-order valence-electron chi connectivity index (χ0n) is 9.33. The summed E-state index contributed by atoms with van der Waals surface area (Å²) >= 11 is 7.58. The number of aryl methyl sites for hydroxylation is 1. The molecule has 2 rings (SSSR count). The standard InChI is InChI=1S/C11H14ClN3S/c1-7(12)3-4-13-10-9-5-8(2)16-11(9)15-6-14-10/h5-7H,3-4H2,1-2H3,(H,13,14,15). The molecule has 5 heteroatoms. The monoisotopic (exact) mass is 255 g/mol. The third-order valence-electron chi connectivity index (χ3n) is 2.29. The molecule has 0 saturated carbocycles. The Kier molecular flexibility index (Phi) is 3.61. The predicted molar refractivity (Wildman–Crippen MR) is 70.6 cm³/mol. The molecule has 16 heavy (non-hydrogen) atoms. The molecule has 1 atom stereocenters. The SMILES string of the molecule is Cc1cc2c(NCCC(C)Cl)ncnc2s1. The van der Waals surface area contributed by atoms with Gasteiger partial charge in [0.15, 0.2) is 0 Å². The quantitative estimate of drug-likeness (QED) is 0.851. The number of halogens is 1. The van der Waals surface area contributed by atoms with E-state index in [0.717, 1.165) is 29.0 Å². The lowest BCUT2D eigenvalue weighted by Gasteiger charge is -2.06. The summed E-state index contributed by atoms with van der Waals surface area (Å²) in [7, 11) is 0. The van der Waals surface area contributed by atoms with E-state index in [1.165, 1.54) is 4.88 Å². The Morgan fingerprint density at radius 1 is 1.50 bits per heavy atom. The Morgan fingerprint density at radius 3 is 3.06 bits per heavy atom. The number of thiophene rings is 1. The molecule has 1 unspecified atom stereocenters. The van der Waals surface area contributed by atoms with Crippen molar-refractivity contribution in [3.05, 3.63) is 17.3 Å². The number of anilines is 1. The molecule has 86 valence electrons. The molecule has 1 N–H and O–H groups in total. The van der Waals surface area contributed by atoms with E-state index < -0.39 is 0 Å². The average molecular weight is 256 g/mol. The summed E-state index contributed by atoms with van der Waals surface area (Å²) < 4.78 is 0. The van der Waals surface area contributed by atoms with Crippen LogP contribution in [0.2, 0.25) is 0 Å². The fourth-order valence-corrected chi connectivity index (χ4v) is 2.46. The van der Waals surface area contributed by atoms with Crippen LogP contribution in [0.15, 0.2) is 12.4 Å². The molecule has 0 aliphatic carbocycles. The van der Waals surface area contributed by atoms with Crippen LogP contribution in [0.4, 0.5) is 5.82 Å². The molecule has 0 aliphatic heterocycles. The van der Waals surface area contributed by atoms with E-state index in [1.54, 1.807) is 17.7 Å². The van der Waals surface area contributed by atoms with E-state index in [-0.39, 0.29) is 5.38 Å². The highest BCUT2D eigenvalue weighted by Crippen LogP contribution is 2.27. The number of nitrogens with one attached hydrogen (secondary N) is 1. The molecule has 0 spiro atoms. The van der Waals surface area contributed by atoms with Crippen LogP contribution in [0.25, 0.3) is 10.2 Å². The van der Waals surface area contributed by atoms with E-state index in [4.69, 9.17) is 11.6 Å². The summed E-state index contributed by atoms with van der Waals surface area (Å²) in [6.07, 6.45) is 2.53. The summed E-state index contributed by atoms with van der Waals surface area (Å²) in [6.45, 7) is 4.91. The largest absolute Gasteiger partial charge is 0.369 e. The fraction of sp³-hybridized carbons (Fsp3) is 0.455. The lowest BCUT2D eigenvalue weighted by Crippen LogP contribution is -2.07. The molecule has 0 aromatic carbocycles. The number of rotatable bonds is 4. The summed E-state index contributed by atoms with van der Waals surface area (Å²) in [5.41, 5.74) is 0. The second-order valence-corrected chi connectivity index (χ2v) is 5.77. The molecule has 2 aromatic rings. The van der Waals surface area contributed by atoms with Crippen molar-refractivity contribution in [2.45, 2.75) is 25.6 Å². The van der Waals surface area contributed by atoms with Gasteiger partial charge >= 0.3 is 0 Å². The Morgan fingerprint density at radius 2 is 2.31 bits per heavy atom. The van der Waals surface area contributed by atoms with Crippen LogP contribution in [-0.2, 0) is 0 Å². The van der Waals surface area contributed by atoms with Crippen LogP contribution in [-0.4, -0.2) is 21.9 Å². The van der Waals surface area contributed by atoms with E-state index in [9.17, 15) is 0 Å². The first-order valence-corrected chi connectivity index (χ1v) is 6.51. The van der Waals surface area contributed by atoms with Crippen molar-refractivity contribution in [3.63, 3.8) is 0 Å². The van der Waals surface area contributed by atoms with Crippen LogP contribution in [0.5, 0.6) is 0 Å². The third kappa shape index (κ3) is 2.62. The van der Waals surface area contributed by atoms with Crippen LogP contribution < -0.4 is 5.32 Å². The first kappa shape index (κ1) is 11.6. The number of hydrogen-bond acceptors (Lipinski definition) is 4. The zero-order valence-corrected chi connectivity index (χ0v) is 10.9. The molecule has 0 fully saturated rings. The van der Waals surface area contributed by atoms with Gasteiger partial charge in [0.1, 0.15) is 17.0 Å². The van der Waals surface area contributed by atoms with E-state index in [2.05, 4.69) is 28.3 Å². The van der Waals surface area contributed by atoms with Crippen molar-refractivity contribution >= 4 is 39.0 Å². The van der Waals surface area contributed by atoms with E-state index >= 15 is 0 Å². The summed E-state index contributed by atoms with van der Waals surface area (Å²) in [6, 6.07) is 2.12. The smallest absolute Gasteiger partial charge is 0.138 e. The van der Waals surface area contributed by atoms with Crippen molar-refractivity contribution < 1.29 is 0 Å². The Bertz CT molecular complexity index is 481. The van der Waals surface area contributed by atoms with Crippen LogP contribution >= 0.6 is 22.9 Å². The molecule has 2 heterocycles. The number of hydrogen-bond donors (Lipinski definition) is 1. The first-order valence-electron chi connectivity index (χ1n) is 5.26. The van der Waals surface area contributed by atoms with Crippen molar-refractivity contribution in [3.8, 4) is 0 Å². The summed E-state index contributed by atoms with van der Waals surface area (Å²) in [5, 5.41) is 4.60. The van der Waals surface area contributed by atoms with Gasteiger partial charge in [-0.3, -0.25) is 0 Å². The van der Waals surface area contributed by atoms with Gasteiger partial charge in [0.25, 0.3) is 0 Å². The van der Waals surface area contributed by atoms with Crippen LogP contribution in [0.3, 0.4) is 0 Å². The zero-order chi connectivity index (χ0) is 11.5. The highest BCUT2D eigenvalue weighted by atomic mass is 35.5. The number of aromatic nitrogens is 2. The highest BCUT2D eigenvalue weighted by Gasteiger charge is 2.06. The van der Waals surface area contributed by atoms with Crippen LogP contribution in [0.1, 0.15) is 18.2 Å². The van der Waals surface area contributed by atoms with Gasteiger partial charge < -0.3 is 5.32 Å². The lowest BCUT2D eigenvalue weighted by molar-refractivity contribution is 0.840. The molecule has 3 nitrogen and oxygen atoms in total. The molecule has 2 aromatic heterocycles. The second-order valence-electron chi connectivity index (χ2n) is 3.79. The topological polar surface area (TPSA) is 37.8 Å². The van der Waals surface area contributed by atoms with E-state index in [0.29, 0.717) is 0 Å². The minimum atomic E-state index is 0.189. The average Bonchev–Trinajstić information content (AvgIpc) is 2.58. The molecular formula is C11H14ClN3S. The molecule has 0 bridgehead atoms. The maximum atomic E-state index is 5.90. The lowest BCUT2D eigenvalue weighted by atomic mass is 10.3. The molecule has 0 aliphatic rings. The van der Waals surface area contributed by atoms with Crippen molar-refractivity contribution in [2.24, 2.45) is 0 Å². The highest BCUT2D eigenvalue weighted by molar-refractivity contribution is 7.18. The molecule has 0 saturated heterocycles. The van der Waals surface area contributed by atoms with E-state index in [1.807, 2.05) is 6.92 Å². The maximum absolute atomic E-state index is 5.90. The molecule has 0 radical (unpaired) electrons. The normalized spacial score (nSPS) is 12.9. The van der Waals surface area contributed by atoms with Gasteiger partial charge in [-0.05, 0) is 26.3 Å². The number of nitrogens with zero attached hydrogens (tertiary/aromatic N) is 2. The number of fused-ring (bicyclic) bond motifs is 1. The van der Waals surface area contributed by atoms with Gasteiger partial charge in [0.05, 0.1) is 5.39 Å². The van der Waals surface area contributed by atoms with Crippen molar-refractivity contribution in [1.29, 1.82) is 0 Å².